The second-order valence-corrected chi connectivity index (χ2v) is 3.75. The number of amides is 1. The molecule has 1 aromatic rings. The van der Waals surface area contributed by atoms with Crippen LogP contribution in [0, 0.1) is 0 Å². The number of piperazine rings is 1. The van der Waals surface area contributed by atoms with E-state index in [1.165, 1.54) is 0 Å². The van der Waals surface area contributed by atoms with Gasteiger partial charge in [0.25, 0.3) is 5.91 Å². The minimum atomic E-state index is -0.449. The minimum Gasteiger partial charge on any atom is -0.333 e. The van der Waals surface area contributed by atoms with Crippen molar-refractivity contribution in [2.45, 2.75) is 6.92 Å². The third kappa shape index (κ3) is 2.13. The number of carbonyl (C=O) groups excluding carboxylic acids is 1. The molecule has 7 nitrogen and oxygen atoms in total. The molecule has 7 heteroatoms. The quantitative estimate of drug-likeness (QED) is 0.667. The van der Waals surface area contributed by atoms with Gasteiger partial charge in [-0.3, -0.25) is 9.78 Å². The van der Waals surface area contributed by atoms with Crippen LogP contribution in [0.15, 0.2) is 4.79 Å². The third-order valence-corrected chi connectivity index (χ3v) is 2.81. The van der Waals surface area contributed by atoms with Gasteiger partial charge in [-0.15, -0.1) is 5.10 Å². The molecule has 1 amide bonds. The Labute approximate surface area is 92.4 Å². The van der Waals surface area contributed by atoms with E-state index in [-0.39, 0.29) is 11.7 Å². The lowest BCUT2D eigenvalue weighted by molar-refractivity contribution is 0.0631. The molecule has 0 aliphatic carbocycles. The van der Waals surface area contributed by atoms with E-state index in [9.17, 15) is 9.59 Å². The van der Waals surface area contributed by atoms with Gasteiger partial charge in [0.2, 0.25) is 5.82 Å². The van der Waals surface area contributed by atoms with Crippen molar-refractivity contribution in [2.24, 2.45) is 0 Å². The highest BCUT2D eigenvalue weighted by Crippen LogP contribution is 2.04. The van der Waals surface area contributed by atoms with Crippen molar-refractivity contribution in [1.82, 2.24) is 25.0 Å². The predicted octanol–water partition coefficient (Wildman–Crippen LogP) is -1.12. The minimum absolute atomic E-state index is 0.0925. The first-order valence-corrected chi connectivity index (χ1v) is 5.37. The van der Waals surface area contributed by atoms with Crippen LogP contribution in [0.25, 0.3) is 0 Å². The number of rotatable bonds is 2. The Morgan fingerprint density at radius 2 is 2.06 bits per heavy atom. The molecule has 1 aliphatic rings. The summed E-state index contributed by atoms with van der Waals surface area (Å²) in [5.41, 5.74) is -0.449. The summed E-state index contributed by atoms with van der Waals surface area (Å²) in [6.07, 6.45) is 0. The first-order chi connectivity index (χ1) is 7.70. The molecule has 0 aromatic carbocycles. The Morgan fingerprint density at radius 3 is 2.56 bits per heavy atom. The zero-order valence-electron chi connectivity index (χ0n) is 9.19. The average molecular weight is 225 g/mol. The van der Waals surface area contributed by atoms with E-state index in [4.69, 9.17) is 0 Å². The largest absolute Gasteiger partial charge is 0.341 e. The average Bonchev–Trinajstić information content (AvgIpc) is 2.75. The first-order valence-electron chi connectivity index (χ1n) is 5.37. The van der Waals surface area contributed by atoms with Crippen LogP contribution < -0.4 is 5.69 Å². The predicted molar refractivity (Wildman–Crippen MR) is 57.2 cm³/mol. The van der Waals surface area contributed by atoms with Crippen molar-refractivity contribution < 1.29 is 4.79 Å². The third-order valence-electron chi connectivity index (χ3n) is 2.81. The lowest BCUT2D eigenvalue weighted by atomic mass is 10.3. The topological polar surface area (TPSA) is 85.1 Å². The summed E-state index contributed by atoms with van der Waals surface area (Å²) >= 11 is 0. The van der Waals surface area contributed by atoms with Gasteiger partial charge in [0.1, 0.15) is 0 Å². The monoisotopic (exact) mass is 225 g/mol. The summed E-state index contributed by atoms with van der Waals surface area (Å²) in [6.45, 7) is 6.21. The molecule has 2 N–H and O–H groups in total. The molecule has 0 unspecified atom stereocenters. The Kier molecular flexibility index (Phi) is 3.04. The van der Waals surface area contributed by atoms with Gasteiger partial charge in [-0.25, -0.2) is 9.89 Å². The van der Waals surface area contributed by atoms with Crippen LogP contribution in [-0.4, -0.2) is 63.6 Å². The van der Waals surface area contributed by atoms with E-state index in [1.807, 2.05) is 0 Å². The standard InChI is InChI=1S/C9H15N5O2/c1-2-13-3-5-14(6-4-13)8(15)7-10-9(16)12-11-7/h2-6H2,1H3,(H2,10,11,12,16). The van der Waals surface area contributed by atoms with Crippen molar-refractivity contribution in [1.29, 1.82) is 0 Å². The number of nitrogens with one attached hydrogen (secondary N) is 2. The van der Waals surface area contributed by atoms with E-state index in [1.54, 1.807) is 4.90 Å². The second-order valence-electron chi connectivity index (χ2n) is 3.75. The van der Waals surface area contributed by atoms with Crippen molar-refractivity contribution >= 4 is 5.91 Å². The van der Waals surface area contributed by atoms with E-state index in [0.29, 0.717) is 13.1 Å². The maximum absolute atomic E-state index is 11.9. The number of nitrogens with zero attached hydrogens (tertiary/aromatic N) is 3. The molecule has 0 atom stereocenters. The van der Waals surface area contributed by atoms with Crippen LogP contribution in [0.1, 0.15) is 17.5 Å². The van der Waals surface area contributed by atoms with Gasteiger partial charge in [0.05, 0.1) is 0 Å². The van der Waals surface area contributed by atoms with Crippen LogP contribution in [0.3, 0.4) is 0 Å². The fourth-order valence-corrected chi connectivity index (χ4v) is 1.79. The van der Waals surface area contributed by atoms with E-state index in [0.717, 1.165) is 19.6 Å². The zero-order valence-corrected chi connectivity index (χ0v) is 9.19. The first kappa shape index (κ1) is 10.9. The molecule has 1 fully saturated rings. The van der Waals surface area contributed by atoms with E-state index < -0.39 is 5.69 Å². The number of carbonyl (C=O) groups is 1. The van der Waals surface area contributed by atoms with Gasteiger partial charge in [-0.2, -0.15) is 0 Å². The maximum Gasteiger partial charge on any atom is 0.341 e. The van der Waals surface area contributed by atoms with Crippen LogP contribution >= 0.6 is 0 Å². The lowest BCUT2D eigenvalue weighted by Gasteiger charge is -2.33. The summed E-state index contributed by atoms with van der Waals surface area (Å²) in [6, 6.07) is 0. The highest BCUT2D eigenvalue weighted by molar-refractivity contribution is 5.90. The highest BCUT2D eigenvalue weighted by atomic mass is 16.2. The van der Waals surface area contributed by atoms with Crippen molar-refractivity contribution in [3.63, 3.8) is 0 Å². The number of likely N-dealkylation sites (N-methyl/N-ethyl adjacent to an activating group) is 1. The normalized spacial score (nSPS) is 17.7. The summed E-state index contributed by atoms with van der Waals surface area (Å²) in [7, 11) is 0. The molecule has 2 heterocycles. The highest BCUT2D eigenvalue weighted by Gasteiger charge is 2.23. The summed E-state index contributed by atoms with van der Waals surface area (Å²) in [4.78, 5) is 29.0. The summed E-state index contributed by atoms with van der Waals surface area (Å²) in [5, 5.41) is 5.82. The number of aromatic nitrogens is 3. The number of H-pyrrole nitrogens is 2. The molecule has 1 aliphatic heterocycles. The molecular formula is C9H15N5O2. The molecule has 1 saturated heterocycles. The van der Waals surface area contributed by atoms with Gasteiger partial charge >= 0.3 is 5.69 Å². The second kappa shape index (κ2) is 4.48. The molecule has 0 spiro atoms. The van der Waals surface area contributed by atoms with E-state index in [2.05, 4.69) is 27.0 Å². The maximum atomic E-state index is 11.9. The fourth-order valence-electron chi connectivity index (χ4n) is 1.79. The Bertz CT molecular complexity index is 416. The van der Waals surface area contributed by atoms with Crippen LogP contribution in [0.5, 0.6) is 0 Å². The Balaban J connectivity index is 1.99. The Morgan fingerprint density at radius 1 is 1.38 bits per heavy atom. The van der Waals surface area contributed by atoms with Crippen LogP contribution in [0.2, 0.25) is 0 Å². The Hall–Kier alpha value is -1.63. The number of hydrogen-bond acceptors (Lipinski definition) is 4. The van der Waals surface area contributed by atoms with Gasteiger partial charge in [-0.05, 0) is 6.54 Å². The molecule has 0 bridgehead atoms. The summed E-state index contributed by atoms with van der Waals surface area (Å²) < 4.78 is 0. The van der Waals surface area contributed by atoms with Crippen molar-refractivity contribution in [3.8, 4) is 0 Å². The van der Waals surface area contributed by atoms with Gasteiger partial charge < -0.3 is 9.80 Å². The molecule has 16 heavy (non-hydrogen) atoms. The van der Waals surface area contributed by atoms with Crippen molar-refractivity contribution in [3.05, 3.63) is 16.3 Å². The molecular weight excluding hydrogens is 210 g/mol. The van der Waals surface area contributed by atoms with Crippen LogP contribution in [-0.2, 0) is 0 Å². The SMILES string of the molecule is CCN1CCN(C(=O)c2n[nH]c(=O)[nH]2)CC1. The smallest absolute Gasteiger partial charge is 0.333 e. The zero-order chi connectivity index (χ0) is 11.5. The molecule has 2 rings (SSSR count). The number of aromatic amines is 2. The fraction of sp³-hybridized carbons (Fsp3) is 0.667. The van der Waals surface area contributed by atoms with Gasteiger partial charge in [0.15, 0.2) is 0 Å². The molecule has 0 saturated carbocycles. The molecule has 0 radical (unpaired) electrons. The number of hydrogen-bond donors (Lipinski definition) is 2. The van der Waals surface area contributed by atoms with Gasteiger partial charge in [-0.1, -0.05) is 6.92 Å². The van der Waals surface area contributed by atoms with E-state index >= 15 is 0 Å². The summed E-state index contributed by atoms with van der Waals surface area (Å²) in [5.74, 6) is -0.121. The van der Waals surface area contributed by atoms with Crippen molar-refractivity contribution in [2.75, 3.05) is 32.7 Å². The van der Waals surface area contributed by atoms with Gasteiger partial charge in [0, 0.05) is 26.2 Å². The molecule has 88 valence electrons. The van der Waals surface area contributed by atoms with Crippen LogP contribution in [0.4, 0.5) is 0 Å². The molecule has 1 aromatic heterocycles. The lowest BCUT2D eigenvalue weighted by Crippen LogP contribution is -2.48.